The second kappa shape index (κ2) is 10.9. The smallest absolute Gasteiger partial charge is 0.387 e. The van der Waals surface area contributed by atoms with Crippen LogP contribution in [-0.4, -0.2) is 48.6 Å². The standard InChI is InChI=1S/C20H22F2N2O5/c1-3-28-18(25)8-10-24(13-14-5-4-9-23-12-14)19(26)15-6-7-16(29-20(21)22)17(11-15)27-2/h4-7,9,11-12,20H,3,8,10,13H2,1-2H3. The lowest BCUT2D eigenvalue weighted by molar-refractivity contribution is -0.143. The fourth-order valence-corrected chi connectivity index (χ4v) is 2.60. The Labute approximate surface area is 167 Å². The molecule has 29 heavy (non-hydrogen) atoms. The molecule has 1 heterocycles. The summed E-state index contributed by atoms with van der Waals surface area (Å²) in [5.74, 6) is -0.998. The predicted octanol–water partition coefficient (Wildman–Crippen LogP) is 3.29. The second-order valence-electron chi connectivity index (χ2n) is 5.89. The third-order valence-corrected chi connectivity index (χ3v) is 3.90. The van der Waals surface area contributed by atoms with Gasteiger partial charge in [-0.3, -0.25) is 14.6 Å². The van der Waals surface area contributed by atoms with Crippen LogP contribution in [0.3, 0.4) is 0 Å². The minimum atomic E-state index is -3.02. The van der Waals surface area contributed by atoms with E-state index in [-0.39, 0.29) is 43.2 Å². The van der Waals surface area contributed by atoms with Gasteiger partial charge in [0.15, 0.2) is 11.5 Å². The molecule has 156 valence electrons. The fraction of sp³-hybridized carbons (Fsp3) is 0.350. The van der Waals surface area contributed by atoms with Gasteiger partial charge in [-0.05, 0) is 36.8 Å². The number of methoxy groups -OCH3 is 1. The van der Waals surface area contributed by atoms with Gasteiger partial charge in [0.25, 0.3) is 5.91 Å². The zero-order valence-electron chi connectivity index (χ0n) is 16.1. The van der Waals surface area contributed by atoms with E-state index in [1.165, 1.54) is 30.2 Å². The molecule has 0 radical (unpaired) electrons. The number of hydrogen-bond donors (Lipinski definition) is 0. The van der Waals surface area contributed by atoms with Gasteiger partial charge in [-0.2, -0.15) is 8.78 Å². The molecule has 0 bridgehead atoms. The van der Waals surface area contributed by atoms with E-state index in [0.29, 0.717) is 0 Å². The van der Waals surface area contributed by atoms with Crippen molar-refractivity contribution in [2.45, 2.75) is 26.5 Å². The molecule has 2 rings (SSSR count). The van der Waals surface area contributed by atoms with Crippen molar-refractivity contribution in [1.82, 2.24) is 9.88 Å². The SMILES string of the molecule is CCOC(=O)CCN(Cc1cccnc1)C(=O)c1ccc(OC(F)F)c(OC)c1. The number of alkyl halides is 2. The van der Waals surface area contributed by atoms with E-state index in [4.69, 9.17) is 9.47 Å². The third-order valence-electron chi connectivity index (χ3n) is 3.90. The quantitative estimate of drug-likeness (QED) is 0.562. The van der Waals surface area contributed by atoms with Gasteiger partial charge in [-0.1, -0.05) is 6.07 Å². The summed E-state index contributed by atoms with van der Waals surface area (Å²) in [6, 6.07) is 7.47. The van der Waals surface area contributed by atoms with Crippen LogP contribution < -0.4 is 9.47 Å². The summed E-state index contributed by atoms with van der Waals surface area (Å²) in [4.78, 5) is 30.2. The van der Waals surface area contributed by atoms with Crippen LogP contribution in [0.15, 0.2) is 42.7 Å². The zero-order chi connectivity index (χ0) is 21.2. The molecule has 1 aromatic carbocycles. The number of hydrogen-bond acceptors (Lipinski definition) is 6. The Kier molecular flexibility index (Phi) is 8.32. The van der Waals surface area contributed by atoms with Crippen LogP contribution in [0.25, 0.3) is 0 Å². The molecule has 0 unspecified atom stereocenters. The minimum Gasteiger partial charge on any atom is -0.493 e. The Morgan fingerprint density at radius 2 is 2.00 bits per heavy atom. The summed E-state index contributed by atoms with van der Waals surface area (Å²) < 4.78 is 39.4. The van der Waals surface area contributed by atoms with Crippen molar-refractivity contribution in [3.63, 3.8) is 0 Å². The molecule has 0 fully saturated rings. The van der Waals surface area contributed by atoms with Crippen LogP contribution >= 0.6 is 0 Å². The average Bonchev–Trinajstić information content (AvgIpc) is 2.71. The van der Waals surface area contributed by atoms with E-state index in [9.17, 15) is 18.4 Å². The first kappa shape index (κ1) is 22.1. The predicted molar refractivity (Wildman–Crippen MR) is 99.9 cm³/mol. The fourth-order valence-electron chi connectivity index (χ4n) is 2.60. The lowest BCUT2D eigenvalue weighted by atomic mass is 10.1. The van der Waals surface area contributed by atoms with Crippen LogP contribution in [-0.2, 0) is 16.1 Å². The molecule has 0 atom stereocenters. The van der Waals surface area contributed by atoms with Gasteiger partial charge in [0.2, 0.25) is 0 Å². The number of ether oxygens (including phenoxy) is 3. The van der Waals surface area contributed by atoms with Crippen molar-refractivity contribution >= 4 is 11.9 Å². The van der Waals surface area contributed by atoms with Crippen molar-refractivity contribution in [1.29, 1.82) is 0 Å². The van der Waals surface area contributed by atoms with Crippen LogP contribution in [0.4, 0.5) is 8.78 Å². The van der Waals surface area contributed by atoms with Crippen LogP contribution in [0.5, 0.6) is 11.5 Å². The van der Waals surface area contributed by atoms with Gasteiger partial charge in [-0.15, -0.1) is 0 Å². The molecule has 1 amide bonds. The number of carbonyl (C=O) groups excluding carboxylic acids is 2. The normalized spacial score (nSPS) is 10.5. The highest BCUT2D eigenvalue weighted by molar-refractivity contribution is 5.95. The lowest BCUT2D eigenvalue weighted by Crippen LogP contribution is -2.33. The number of aromatic nitrogens is 1. The molecule has 7 nitrogen and oxygen atoms in total. The monoisotopic (exact) mass is 408 g/mol. The number of pyridine rings is 1. The minimum absolute atomic E-state index is 0.00266. The third kappa shape index (κ3) is 6.70. The molecule has 2 aromatic rings. The number of esters is 1. The van der Waals surface area contributed by atoms with Crippen LogP contribution in [0.2, 0.25) is 0 Å². The van der Waals surface area contributed by atoms with E-state index in [2.05, 4.69) is 9.72 Å². The van der Waals surface area contributed by atoms with Gasteiger partial charge < -0.3 is 19.1 Å². The van der Waals surface area contributed by atoms with Crippen molar-refractivity contribution in [2.24, 2.45) is 0 Å². The number of nitrogens with zero attached hydrogens (tertiary/aromatic N) is 2. The van der Waals surface area contributed by atoms with E-state index in [0.717, 1.165) is 5.56 Å². The number of amides is 1. The van der Waals surface area contributed by atoms with Crippen LogP contribution in [0, 0.1) is 0 Å². The van der Waals surface area contributed by atoms with Gasteiger partial charge in [0.1, 0.15) is 0 Å². The van der Waals surface area contributed by atoms with Crippen molar-refractivity contribution in [3.8, 4) is 11.5 Å². The van der Waals surface area contributed by atoms with E-state index < -0.39 is 18.5 Å². The number of halogens is 2. The average molecular weight is 408 g/mol. The number of benzene rings is 1. The van der Waals surface area contributed by atoms with Gasteiger partial charge in [-0.25, -0.2) is 0 Å². The molecule has 0 N–H and O–H groups in total. The Bertz CT molecular complexity index is 818. The molecule has 0 saturated carbocycles. The maximum atomic E-state index is 13.0. The Morgan fingerprint density at radius 3 is 2.62 bits per heavy atom. The first-order chi connectivity index (χ1) is 13.9. The summed E-state index contributed by atoms with van der Waals surface area (Å²) in [5.41, 5.74) is 0.977. The highest BCUT2D eigenvalue weighted by Crippen LogP contribution is 2.30. The van der Waals surface area contributed by atoms with Gasteiger partial charge >= 0.3 is 12.6 Å². The zero-order valence-corrected chi connectivity index (χ0v) is 16.1. The molecule has 0 aliphatic rings. The molecule has 0 spiro atoms. The van der Waals surface area contributed by atoms with Crippen molar-refractivity contribution < 1.29 is 32.6 Å². The van der Waals surface area contributed by atoms with E-state index in [1.807, 2.05) is 0 Å². The first-order valence-corrected chi connectivity index (χ1v) is 8.91. The molecule has 0 saturated heterocycles. The highest BCUT2D eigenvalue weighted by Gasteiger charge is 2.20. The molecular formula is C20H22F2N2O5. The van der Waals surface area contributed by atoms with Crippen LogP contribution in [0.1, 0.15) is 29.3 Å². The molecule has 0 aliphatic heterocycles. The molecule has 0 aliphatic carbocycles. The summed E-state index contributed by atoms with van der Waals surface area (Å²) >= 11 is 0. The summed E-state index contributed by atoms with van der Waals surface area (Å²) in [7, 11) is 1.29. The summed E-state index contributed by atoms with van der Waals surface area (Å²) in [6.45, 7) is -0.741. The van der Waals surface area contributed by atoms with Gasteiger partial charge in [0, 0.05) is 31.0 Å². The molecular weight excluding hydrogens is 386 g/mol. The van der Waals surface area contributed by atoms with E-state index in [1.54, 1.807) is 31.5 Å². The summed E-state index contributed by atoms with van der Waals surface area (Å²) in [5, 5.41) is 0. The molecule has 1 aromatic heterocycles. The second-order valence-corrected chi connectivity index (χ2v) is 5.89. The summed E-state index contributed by atoms with van der Waals surface area (Å²) in [6.07, 6.45) is 3.25. The van der Waals surface area contributed by atoms with E-state index >= 15 is 0 Å². The Morgan fingerprint density at radius 1 is 1.21 bits per heavy atom. The maximum Gasteiger partial charge on any atom is 0.387 e. The van der Waals surface area contributed by atoms with Crippen molar-refractivity contribution in [3.05, 3.63) is 53.9 Å². The molecule has 9 heteroatoms. The number of rotatable bonds is 10. The first-order valence-electron chi connectivity index (χ1n) is 8.91. The topological polar surface area (TPSA) is 78.0 Å². The largest absolute Gasteiger partial charge is 0.493 e. The lowest BCUT2D eigenvalue weighted by Gasteiger charge is -2.23. The Hall–Kier alpha value is -3.23. The Balaban J connectivity index is 2.23. The van der Waals surface area contributed by atoms with Crippen molar-refractivity contribution in [2.75, 3.05) is 20.3 Å². The highest BCUT2D eigenvalue weighted by atomic mass is 19.3. The van der Waals surface area contributed by atoms with Gasteiger partial charge in [0.05, 0.1) is 20.1 Å². The number of carbonyl (C=O) groups is 2. The maximum absolute atomic E-state index is 13.0.